The van der Waals surface area contributed by atoms with Crippen molar-refractivity contribution in [1.29, 1.82) is 0 Å². The van der Waals surface area contributed by atoms with Crippen LogP contribution in [0.25, 0.3) is 11.0 Å². The van der Waals surface area contributed by atoms with Gasteiger partial charge in [0.2, 0.25) is 0 Å². The van der Waals surface area contributed by atoms with Gasteiger partial charge in [0, 0.05) is 18.2 Å². The number of nitrogens with zero attached hydrogens (tertiary/aromatic N) is 2. The van der Waals surface area contributed by atoms with Crippen molar-refractivity contribution in [3.63, 3.8) is 0 Å². The fraction of sp³-hybridized carbons (Fsp3) is 0.533. The highest BCUT2D eigenvalue weighted by Gasteiger charge is 2.29. The first-order chi connectivity index (χ1) is 9.19. The van der Waals surface area contributed by atoms with Crippen LogP contribution in [0.1, 0.15) is 31.5 Å². The fourth-order valence-electron chi connectivity index (χ4n) is 2.66. The van der Waals surface area contributed by atoms with Crippen LogP contribution in [0.2, 0.25) is 0 Å². The molecule has 3 nitrogen and oxygen atoms in total. The van der Waals surface area contributed by atoms with Crippen LogP contribution in [-0.2, 0) is 6.54 Å². The maximum atomic E-state index is 5.87. The average Bonchev–Trinajstić information content (AvgIpc) is 3.14. The van der Waals surface area contributed by atoms with Crippen LogP contribution in [0.15, 0.2) is 18.2 Å². The predicted octanol–water partition coefficient (Wildman–Crippen LogP) is 3.50. The Hall–Kier alpha value is -1.16. The zero-order chi connectivity index (χ0) is 13.4. The highest BCUT2D eigenvalue weighted by atomic mass is 32.2. The Labute approximate surface area is 118 Å². The van der Waals surface area contributed by atoms with E-state index in [0.29, 0.717) is 11.8 Å². The number of nitrogen functional groups attached to an aromatic ring is 1. The smallest absolute Gasteiger partial charge is 0.113 e. The predicted molar refractivity (Wildman–Crippen MR) is 83.7 cm³/mol. The third kappa shape index (κ3) is 2.59. The number of thioether (sulfide) groups is 1. The van der Waals surface area contributed by atoms with Crippen LogP contribution < -0.4 is 5.73 Å². The van der Waals surface area contributed by atoms with Crippen LogP contribution in [-0.4, -0.2) is 21.6 Å². The zero-order valence-corrected chi connectivity index (χ0v) is 12.4. The molecule has 2 N–H and O–H groups in total. The maximum Gasteiger partial charge on any atom is 0.113 e. The summed E-state index contributed by atoms with van der Waals surface area (Å²) < 4.78 is 2.42. The normalized spacial score (nSPS) is 16.9. The molecule has 3 rings (SSSR count). The van der Waals surface area contributed by atoms with Crippen molar-refractivity contribution in [3.8, 4) is 0 Å². The zero-order valence-electron chi connectivity index (χ0n) is 11.6. The van der Waals surface area contributed by atoms with Gasteiger partial charge < -0.3 is 10.3 Å². The fourth-order valence-corrected chi connectivity index (χ4v) is 3.33. The van der Waals surface area contributed by atoms with Crippen LogP contribution >= 0.6 is 11.8 Å². The van der Waals surface area contributed by atoms with E-state index < -0.39 is 0 Å². The SMILES string of the molecule is CSCC(C)Cn1c(C2CC2)nc2cc(N)ccc21. The van der Waals surface area contributed by atoms with E-state index in [4.69, 9.17) is 10.7 Å². The molecule has 102 valence electrons. The summed E-state index contributed by atoms with van der Waals surface area (Å²) in [5, 5.41) is 0. The molecule has 1 aromatic heterocycles. The second kappa shape index (κ2) is 5.08. The van der Waals surface area contributed by atoms with E-state index in [2.05, 4.69) is 23.8 Å². The van der Waals surface area contributed by atoms with Gasteiger partial charge in [-0.15, -0.1) is 0 Å². The number of anilines is 1. The monoisotopic (exact) mass is 275 g/mol. The van der Waals surface area contributed by atoms with Gasteiger partial charge in [0.15, 0.2) is 0 Å². The molecule has 1 aromatic carbocycles. The molecular weight excluding hydrogens is 254 g/mol. The van der Waals surface area contributed by atoms with E-state index in [1.165, 1.54) is 29.9 Å². The van der Waals surface area contributed by atoms with Crippen LogP contribution in [0, 0.1) is 5.92 Å². The van der Waals surface area contributed by atoms with Gasteiger partial charge in [-0.1, -0.05) is 6.92 Å². The second-order valence-electron chi connectivity index (χ2n) is 5.66. The van der Waals surface area contributed by atoms with Gasteiger partial charge in [-0.2, -0.15) is 11.8 Å². The summed E-state index contributed by atoms with van der Waals surface area (Å²) in [5.74, 6) is 3.81. The third-order valence-corrected chi connectivity index (χ3v) is 4.59. The molecule has 0 radical (unpaired) electrons. The molecule has 1 saturated carbocycles. The Bertz CT molecular complexity index is 586. The van der Waals surface area contributed by atoms with Gasteiger partial charge in [-0.05, 0) is 49.0 Å². The quantitative estimate of drug-likeness (QED) is 0.849. The maximum absolute atomic E-state index is 5.87. The Morgan fingerprint density at radius 2 is 2.26 bits per heavy atom. The minimum Gasteiger partial charge on any atom is -0.399 e. The molecule has 1 unspecified atom stereocenters. The lowest BCUT2D eigenvalue weighted by Gasteiger charge is -2.14. The van der Waals surface area contributed by atoms with Crippen molar-refractivity contribution in [3.05, 3.63) is 24.0 Å². The van der Waals surface area contributed by atoms with Crippen molar-refractivity contribution in [1.82, 2.24) is 9.55 Å². The van der Waals surface area contributed by atoms with Gasteiger partial charge >= 0.3 is 0 Å². The number of nitrogens with two attached hydrogens (primary N) is 1. The number of aromatic nitrogens is 2. The topological polar surface area (TPSA) is 43.8 Å². The number of fused-ring (bicyclic) bond motifs is 1. The lowest BCUT2D eigenvalue weighted by molar-refractivity contribution is 0.524. The summed E-state index contributed by atoms with van der Waals surface area (Å²) in [4.78, 5) is 4.82. The summed E-state index contributed by atoms with van der Waals surface area (Å²) in [7, 11) is 0. The Balaban J connectivity index is 2.01. The van der Waals surface area contributed by atoms with E-state index in [0.717, 1.165) is 17.7 Å². The molecule has 1 aliphatic carbocycles. The molecular formula is C15H21N3S. The molecule has 1 fully saturated rings. The van der Waals surface area contributed by atoms with E-state index in [9.17, 15) is 0 Å². The Morgan fingerprint density at radius 1 is 1.47 bits per heavy atom. The van der Waals surface area contributed by atoms with Gasteiger partial charge in [0.25, 0.3) is 0 Å². The molecule has 1 atom stereocenters. The van der Waals surface area contributed by atoms with Crippen LogP contribution in [0.3, 0.4) is 0 Å². The summed E-state index contributed by atoms with van der Waals surface area (Å²) >= 11 is 1.92. The van der Waals surface area contributed by atoms with Gasteiger partial charge in [-0.25, -0.2) is 4.98 Å². The number of rotatable bonds is 5. The minimum atomic E-state index is 0.669. The highest BCUT2D eigenvalue weighted by molar-refractivity contribution is 7.98. The molecule has 1 heterocycles. The van der Waals surface area contributed by atoms with Crippen molar-refractivity contribution in [2.24, 2.45) is 5.92 Å². The van der Waals surface area contributed by atoms with Crippen molar-refractivity contribution in [2.45, 2.75) is 32.2 Å². The first kappa shape index (κ1) is 12.9. The van der Waals surface area contributed by atoms with Crippen molar-refractivity contribution < 1.29 is 0 Å². The second-order valence-corrected chi connectivity index (χ2v) is 6.57. The van der Waals surface area contributed by atoms with Crippen molar-refractivity contribution in [2.75, 3.05) is 17.7 Å². The van der Waals surface area contributed by atoms with E-state index in [1.54, 1.807) is 0 Å². The number of benzene rings is 1. The third-order valence-electron chi connectivity index (χ3n) is 3.69. The van der Waals surface area contributed by atoms with Gasteiger partial charge in [0.1, 0.15) is 5.82 Å². The van der Waals surface area contributed by atoms with Gasteiger partial charge in [-0.3, -0.25) is 0 Å². The molecule has 0 spiro atoms. The lowest BCUT2D eigenvalue weighted by Crippen LogP contribution is -2.12. The van der Waals surface area contributed by atoms with E-state index >= 15 is 0 Å². The number of hydrogen-bond acceptors (Lipinski definition) is 3. The molecule has 2 aromatic rings. The highest BCUT2D eigenvalue weighted by Crippen LogP contribution is 2.41. The largest absolute Gasteiger partial charge is 0.399 e. The first-order valence-corrected chi connectivity index (χ1v) is 8.33. The van der Waals surface area contributed by atoms with E-state index in [1.807, 2.05) is 23.9 Å². The average molecular weight is 275 g/mol. The lowest BCUT2D eigenvalue weighted by atomic mass is 10.2. The summed E-state index contributed by atoms with van der Waals surface area (Å²) in [6, 6.07) is 6.10. The van der Waals surface area contributed by atoms with Gasteiger partial charge in [0.05, 0.1) is 11.0 Å². The molecule has 0 amide bonds. The Kier molecular flexibility index (Phi) is 3.44. The summed E-state index contributed by atoms with van der Waals surface area (Å²) in [6.45, 7) is 3.38. The molecule has 1 aliphatic rings. The van der Waals surface area contributed by atoms with Crippen LogP contribution in [0.5, 0.6) is 0 Å². The molecule has 0 saturated heterocycles. The molecule has 0 aliphatic heterocycles. The standard InChI is InChI=1S/C15H21N3S/c1-10(9-19-2)8-18-14-6-5-12(16)7-13(14)17-15(18)11-3-4-11/h5-7,10-11H,3-4,8-9,16H2,1-2H3. The molecule has 4 heteroatoms. The Morgan fingerprint density at radius 3 is 2.95 bits per heavy atom. The summed E-state index contributed by atoms with van der Waals surface area (Å²) in [5.41, 5.74) is 8.97. The van der Waals surface area contributed by atoms with Crippen molar-refractivity contribution >= 4 is 28.5 Å². The summed E-state index contributed by atoms with van der Waals surface area (Å²) in [6.07, 6.45) is 4.75. The van der Waals surface area contributed by atoms with Crippen LogP contribution in [0.4, 0.5) is 5.69 Å². The molecule has 0 bridgehead atoms. The minimum absolute atomic E-state index is 0.669. The first-order valence-electron chi connectivity index (χ1n) is 6.93. The number of hydrogen-bond donors (Lipinski definition) is 1. The number of imidazole rings is 1. The van der Waals surface area contributed by atoms with E-state index in [-0.39, 0.29) is 0 Å². The molecule has 19 heavy (non-hydrogen) atoms.